The first kappa shape index (κ1) is 9.10. The maximum Gasteiger partial charge on any atom is 0.240 e. The molecular formula is C6H12N2O2. The van der Waals surface area contributed by atoms with Gasteiger partial charge in [-0.3, -0.25) is 10.1 Å². The summed E-state index contributed by atoms with van der Waals surface area (Å²) in [5.41, 5.74) is 0.0775. The van der Waals surface area contributed by atoms with Crippen LogP contribution in [0.4, 0.5) is 0 Å². The molecular weight excluding hydrogens is 132 g/mol. The Morgan fingerprint density at radius 2 is 2.20 bits per heavy atom. The number of nitrogens with zero attached hydrogens (tertiary/aromatic N) is 2. The lowest BCUT2D eigenvalue weighted by atomic mass is 10.3. The van der Waals surface area contributed by atoms with Crippen molar-refractivity contribution < 1.29 is 4.92 Å². The standard InChI is InChI=1S/C6H12N2O2/c1-6(8(9)10)4-5-7(2)3/h1,4-5H2,2-3H3. The topological polar surface area (TPSA) is 46.4 Å². The van der Waals surface area contributed by atoms with Gasteiger partial charge in [-0.2, -0.15) is 0 Å². The van der Waals surface area contributed by atoms with Crippen LogP contribution in [0, 0.1) is 10.1 Å². The van der Waals surface area contributed by atoms with E-state index in [-0.39, 0.29) is 5.70 Å². The van der Waals surface area contributed by atoms with Gasteiger partial charge in [-0.05, 0) is 20.7 Å². The third-order valence-corrected chi connectivity index (χ3v) is 1.11. The third kappa shape index (κ3) is 4.03. The summed E-state index contributed by atoms with van der Waals surface area (Å²) in [7, 11) is 3.74. The Balaban J connectivity index is 3.50. The lowest BCUT2D eigenvalue weighted by molar-refractivity contribution is -0.427. The molecule has 0 aromatic rings. The minimum Gasteiger partial charge on any atom is -0.309 e. The zero-order valence-corrected chi connectivity index (χ0v) is 6.33. The van der Waals surface area contributed by atoms with Crippen molar-refractivity contribution in [1.82, 2.24) is 4.90 Å². The molecule has 58 valence electrons. The fraction of sp³-hybridized carbons (Fsp3) is 0.667. The van der Waals surface area contributed by atoms with Crippen LogP contribution >= 0.6 is 0 Å². The summed E-state index contributed by atoms with van der Waals surface area (Å²) < 4.78 is 0. The van der Waals surface area contributed by atoms with E-state index in [4.69, 9.17) is 0 Å². The summed E-state index contributed by atoms with van der Waals surface area (Å²) in [6.45, 7) is 3.98. The number of nitro groups is 1. The molecule has 0 aliphatic carbocycles. The first-order chi connectivity index (χ1) is 4.54. The van der Waals surface area contributed by atoms with E-state index < -0.39 is 4.92 Å². The van der Waals surface area contributed by atoms with Gasteiger partial charge in [0.2, 0.25) is 5.70 Å². The van der Waals surface area contributed by atoms with Crippen molar-refractivity contribution in [1.29, 1.82) is 0 Å². The molecule has 0 N–H and O–H groups in total. The van der Waals surface area contributed by atoms with Gasteiger partial charge in [-0.25, -0.2) is 0 Å². The first-order valence-electron chi connectivity index (χ1n) is 3.01. The van der Waals surface area contributed by atoms with Crippen molar-refractivity contribution in [2.75, 3.05) is 20.6 Å². The first-order valence-corrected chi connectivity index (χ1v) is 3.01. The highest BCUT2D eigenvalue weighted by Crippen LogP contribution is 1.97. The van der Waals surface area contributed by atoms with Crippen LogP contribution in [0.15, 0.2) is 12.3 Å². The zero-order valence-electron chi connectivity index (χ0n) is 6.33. The van der Waals surface area contributed by atoms with Gasteiger partial charge in [-0.1, -0.05) is 0 Å². The third-order valence-electron chi connectivity index (χ3n) is 1.11. The lowest BCUT2D eigenvalue weighted by Crippen LogP contribution is -2.15. The summed E-state index contributed by atoms with van der Waals surface area (Å²) in [6.07, 6.45) is 0.431. The van der Waals surface area contributed by atoms with E-state index in [1.165, 1.54) is 0 Å². The number of rotatable bonds is 4. The van der Waals surface area contributed by atoms with Crippen LogP contribution in [0.25, 0.3) is 0 Å². The average molecular weight is 144 g/mol. The van der Waals surface area contributed by atoms with E-state index in [0.29, 0.717) is 13.0 Å². The van der Waals surface area contributed by atoms with Crippen LogP contribution in [0.3, 0.4) is 0 Å². The predicted molar refractivity (Wildman–Crippen MR) is 39.3 cm³/mol. The van der Waals surface area contributed by atoms with Crippen LogP contribution in [0.2, 0.25) is 0 Å². The van der Waals surface area contributed by atoms with E-state index in [0.717, 1.165) is 0 Å². The van der Waals surface area contributed by atoms with Gasteiger partial charge < -0.3 is 4.90 Å². The Morgan fingerprint density at radius 1 is 1.70 bits per heavy atom. The largest absolute Gasteiger partial charge is 0.309 e. The van der Waals surface area contributed by atoms with E-state index >= 15 is 0 Å². The van der Waals surface area contributed by atoms with E-state index in [9.17, 15) is 10.1 Å². The van der Waals surface area contributed by atoms with Gasteiger partial charge in [0.25, 0.3) is 0 Å². The molecule has 0 aliphatic rings. The molecule has 0 saturated carbocycles. The van der Waals surface area contributed by atoms with Crippen molar-refractivity contribution in [3.8, 4) is 0 Å². The number of hydrogen-bond donors (Lipinski definition) is 0. The van der Waals surface area contributed by atoms with E-state index in [2.05, 4.69) is 6.58 Å². The van der Waals surface area contributed by atoms with Crippen molar-refractivity contribution in [2.24, 2.45) is 0 Å². The number of hydrogen-bond acceptors (Lipinski definition) is 3. The molecule has 0 bridgehead atoms. The summed E-state index contributed by atoms with van der Waals surface area (Å²) in [5, 5.41) is 10.00. The molecule has 0 amide bonds. The molecule has 0 spiro atoms. The Hall–Kier alpha value is -0.900. The SMILES string of the molecule is C=C(CCN(C)C)[N+](=O)[O-]. The van der Waals surface area contributed by atoms with E-state index in [1.807, 2.05) is 19.0 Å². The average Bonchev–Trinajstić information content (AvgIpc) is 1.82. The molecule has 0 aliphatic heterocycles. The Bertz CT molecular complexity index is 143. The second kappa shape index (κ2) is 4.00. The van der Waals surface area contributed by atoms with Crippen LogP contribution < -0.4 is 0 Å². The minimum absolute atomic E-state index is 0.0775. The molecule has 0 unspecified atom stereocenters. The Kier molecular flexibility index (Phi) is 3.64. The lowest BCUT2D eigenvalue weighted by Gasteiger charge is -2.05. The summed E-state index contributed by atoms with van der Waals surface area (Å²) in [6, 6.07) is 0. The van der Waals surface area contributed by atoms with Crippen molar-refractivity contribution in [2.45, 2.75) is 6.42 Å². The Labute approximate surface area is 60.3 Å². The molecule has 0 aromatic carbocycles. The zero-order chi connectivity index (χ0) is 8.15. The Morgan fingerprint density at radius 3 is 2.50 bits per heavy atom. The molecule has 0 heterocycles. The van der Waals surface area contributed by atoms with Crippen LogP contribution in [-0.2, 0) is 0 Å². The molecule has 0 atom stereocenters. The second-order valence-electron chi connectivity index (χ2n) is 2.38. The van der Waals surface area contributed by atoms with Gasteiger partial charge in [-0.15, -0.1) is 0 Å². The van der Waals surface area contributed by atoms with Gasteiger partial charge in [0.15, 0.2) is 0 Å². The maximum atomic E-state index is 10.00. The molecule has 0 rings (SSSR count). The summed E-state index contributed by atoms with van der Waals surface area (Å²) in [5.74, 6) is 0. The van der Waals surface area contributed by atoms with E-state index in [1.54, 1.807) is 0 Å². The van der Waals surface area contributed by atoms with Crippen molar-refractivity contribution in [3.63, 3.8) is 0 Å². The van der Waals surface area contributed by atoms with Gasteiger partial charge >= 0.3 is 0 Å². The molecule has 4 heteroatoms. The fourth-order valence-corrected chi connectivity index (χ4v) is 0.444. The van der Waals surface area contributed by atoms with Crippen LogP contribution in [0.1, 0.15) is 6.42 Å². The van der Waals surface area contributed by atoms with Crippen LogP contribution in [0.5, 0.6) is 0 Å². The molecule has 0 radical (unpaired) electrons. The maximum absolute atomic E-state index is 10.00. The monoisotopic (exact) mass is 144 g/mol. The molecule has 0 aromatic heterocycles. The highest BCUT2D eigenvalue weighted by atomic mass is 16.6. The predicted octanol–water partition coefficient (Wildman–Crippen LogP) is 0.728. The van der Waals surface area contributed by atoms with Crippen molar-refractivity contribution >= 4 is 0 Å². The molecule has 0 saturated heterocycles. The minimum atomic E-state index is -0.441. The molecule has 10 heavy (non-hydrogen) atoms. The van der Waals surface area contributed by atoms with Crippen molar-refractivity contribution in [3.05, 3.63) is 22.4 Å². The van der Waals surface area contributed by atoms with Gasteiger partial charge in [0, 0.05) is 6.54 Å². The van der Waals surface area contributed by atoms with Gasteiger partial charge in [0.1, 0.15) is 0 Å². The smallest absolute Gasteiger partial charge is 0.240 e. The summed E-state index contributed by atoms with van der Waals surface area (Å²) in [4.78, 5) is 11.4. The fourth-order valence-electron chi connectivity index (χ4n) is 0.444. The highest BCUT2D eigenvalue weighted by Gasteiger charge is 2.05. The molecule has 0 fully saturated rings. The highest BCUT2D eigenvalue weighted by molar-refractivity contribution is 4.80. The second-order valence-corrected chi connectivity index (χ2v) is 2.38. The normalized spacial score (nSPS) is 9.90. The molecule has 4 nitrogen and oxygen atoms in total. The quantitative estimate of drug-likeness (QED) is 0.431. The summed E-state index contributed by atoms with van der Waals surface area (Å²) >= 11 is 0. The van der Waals surface area contributed by atoms with Crippen LogP contribution in [-0.4, -0.2) is 30.5 Å². The van der Waals surface area contributed by atoms with Gasteiger partial charge in [0.05, 0.1) is 11.3 Å².